The van der Waals surface area contributed by atoms with E-state index in [9.17, 15) is 9.59 Å². The average molecular weight is 389 g/mol. The molecule has 0 aromatic carbocycles. The number of nitrogens with one attached hydrogen (secondary N) is 2. The number of rotatable bonds is 5. The van der Waals surface area contributed by atoms with Crippen molar-refractivity contribution in [2.75, 3.05) is 0 Å². The van der Waals surface area contributed by atoms with Crippen molar-refractivity contribution in [3.63, 3.8) is 0 Å². The van der Waals surface area contributed by atoms with E-state index in [2.05, 4.69) is 35.4 Å². The molecule has 0 radical (unpaired) electrons. The fourth-order valence-corrected chi connectivity index (χ4v) is 2.55. The number of aromatic nitrogens is 6. The summed E-state index contributed by atoms with van der Waals surface area (Å²) in [7, 11) is 0. The summed E-state index contributed by atoms with van der Waals surface area (Å²) in [4.78, 5) is 43.9. The van der Waals surface area contributed by atoms with Crippen molar-refractivity contribution in [1.82, 2.24) is 35.4 Å². The lowest BCUT2D eigenvalue weighted by molar-refractivity contribution is 0.0930. The van der Waals surface area contributed by atoms with Crippen LogP contribution in [0.15, 0.2) is 64.4 Å². The molecule has 4 aromatic rings. The van der Waals surface area contributed by atoms with Crippen molar-refractivity contribution in [2.45, 2.75) is 13.0 Å². The molecular formula is C19H15N7O3. The zero-order valence-corrected chi connectivity index (χ0v) is 15.2. The van der Waals surface area contributed by atoms with E-state index in [4.69, 9.17) is 4.52 Å². The normalized spacial score (nSPS) is 11.8. The molecule has 29 heavy (non-hydrogen) atoms. The molecular weight excluding hydrogens is 374 g/mol. The minimum Gasteiger partial charge on any atom is -0.340 e. The highest BCUT2D eigenvalue weighted by Gasteiger charge is 2.20. The summed E-state index contributed by atoms with van der Waals surface area (Å²) in [5, 5.41) is 6.51. The summed E-state index contributed by atoms with van der Waals surface area (Å²) < 4.78 is 5.20. The van der Waals surface area contributed by atoms with Gasteiger partial charge in [0.1, 0.15) is 23.1 Å². The van der Waals surface area contributed by atoms with Crippen LogP contribution in [0.2, 0.25) is 0 Å². The van der Waals surface area contributed by atoms with Gasteiger partial charge in [-0.1, -0.05) is 11.2 Å². The first kappa shape index (κ1) is 18.2. The molecule has 0 spiro atoms. The molecule has 0 unspecified atom stereocenters. The van der Waals surface area contributed by atoms with Crippen LogP contribution >= 0.6 is 0 Å². The van der Waals surface area contributed by atoms with E-state index in [1.807, 2.05) is 0 Å². The Balaban J connectivity index is 1.49. The number of amides is 1. The third-order valence-electron chi connectivity index (χ3n) is 4.03. The van der Waals surface area contributed by atoms with E-state index in [-0.39, 0.29) is 11.5 Å². The predicted molar refractivity (Wildman–Crippen MR) is 101 cm³/mol. The number of hydrogen-bond donors (Lipinski definition) is 2. The minimum absolute atomic E-state index is 0.131. The van der Waals surface area contributed by atoms with E-state index >= 15 is 0 Å². The van der Waals surface area contributed by atoms with E-state index in [1.54, 1.807) is 55.8 Å². The second-order valence-electron chi connectivity index (χ2n) is 6.08. The molecule has 10 nitrogen and oxygen atoms in total. The first-order valence-corrected chi connectivity index (χ1v) is 8.67. The highest BCUT2D eigenvalue weighted by Crippen LogP contribution is 2.16. The maximum absolute atomic E-state index is 12.5. The second-order valence-corrected chi connectivity index (χ2v) is 6.08. The topological polar surface area (TPSA) is 140 Å². The highest BCUT2D eigenvalue weighted by atomic mass is 16.5. The Bertz CT molecular complexity index is 1190. The van der Waals surface area contributed by atoms with Gasteiger partial charge in [0.05, 0.1) is 0 Å². The van der Waals surface area contributed by atoms with E-state index in [0.717, 1.165) is 0 Å². The van der Waals surface area contributed by atoms with E-state index < -0.39 is 17.5 Å². The zero-order valence-electron chi connectivity index (χ0n) is 15.2. The molecule has 0 aliphatic carbocycles. The number of hydrogen-bond acceptors (Lipinski definition) is 8. The Kier molecular flexibility index (Phi) is 4.89. The van der Waals surface area contributed by atoms with Crippen LogP contribution in [0.3, 0.4) is 0 Å². The van der Waals surface area contributed by atoms with E-state index in [0.29, 0.717) is 22.9 Å². The Labute approximate surface area is 164 Å². The lowest BCUT2D eigenvalue weighted by Crippen LogP contribution is -2.32. The van der Waals surface area contributed by atoms with Gasteiger partial charge < -0.3 is 14.8 Å². The standard InChI is InChI=1S/C19H15N7O3/c1-11(19-25-16(26-29-19)14-6-2-3-8-21-14)23-17(27)13-10-22-15(24-18(13)28)12-5-4-7-20-9-12/h2-11H,1H3,(H,23,27)(H,22,24,28)/t11-/m0/s1. The van der Waals surface area contributed by atoms with Gasteiger partial charge in [0.2, 0.25) is 11.7 Å². The molecule has 0 saturated carbocycles. The Morgan fingerprint density at radius 2 is 2.03 bits per heavy atom. The lowest BCUT2D eigenvalue weighted by Gasteiger charge is -2.09. The molecule has 0 aliphatic heterocycles. The van der Waals surface area contributed by atoms with Gasteiger partial charge in [-0.3, -0.25) is 19.6 Å². The summed E-state index contributed by atoms with van der Waals surface area (Å²) in [5.74, 6) is 0.212. The van der Waals surface area contributed by atoms with Crippen molar-refractivity contribution in [3.05, 3.63) is 76.9 Å². The first-order chi connectivity index (χ1) is 14.1. The predicted octanol–water partition coefficient (Wildman–Crippen LogP) is 1.77. The maximum Gasteiger partial charge on any atom is 0.264 e. The van der Waals surface area contributed by atoms with Crippen LogP contribution in [0, 0.1) is 0 Å². The van der Waals surface area contributed by atoms with Crippen molar-refractivity contribution in [2.24, 2.45) is 0 Å². The lowest BCUT2D eigenvalue weighted by atomic mass is 10.2. The quantitative estimate of drug-likeness (QED) is 0.526. The molecule has 0 aliphatic rings. The average Bonchev–Trinajstić information content (AvgIpc) is 3.25. The molecule has 4 rings (SSSR count). The van der Waals surface area contributed by atoms with Crippen molar-refractivity contribution in [3.8, 4) is 22.9 Å². The smallest absolute Gasteiger partial charge is 0.264 e. The molecule has 2 N–H and O–H groups in total. The summed E-state index contributed by atoms with van der Waals surface area (Å²) in [6, 6.07) is 8.18. The first-order valence-electron chi connectivity index (χ1n) is 8.67. The third kappa shape index (κ3) is 3.90. The van der Waals surface area contributed by atoms with Gasteiger partial charge in [-0.15, -0.1) is 0 Å². The fourth-order valence-electron chi connectivity index (χ4n) is 2.55. The molecule has 0 fully saturated rings. The highest BCUT2D eigenvalue weighted by molar-refractivity contribution is 5.93. The number of carbonyl (C=O) groups excluding carboxylic acids is 1. The number of H-pyrrole nitrogens is 1. The van der Waals surface area contributed by atoms with Crippen molar-refractivity contribution in [1.29, 1.82) is 0 Å². The molecule has 0 saturated heterocycles. The zero-order chi connectivity index (χ0) is 20.2. The van der Waals surface area contributed by atoms with Crippen molar-refractivity contribution >= 4 is 5.91 Å². The molecule has 4 heterocycles. The van der Waals surface area contributed by atoms with Crippen LogP contribution in [-0.4, -0.2) is 36.0 Å². The number of aromatic amines is 1. The van der Waals surface area contributed by atoms with Gasteiger partial charge >= 0.3 is 0 Å². The third-order valence-corrected chi connectivity index (χ3v) is 4.03. The monoisotopic (exact) mass is 389 g/mol. The van der Waals surface area contributed by atoms with E-state index in [1.165, 1.54) is 6.20 Å². The second kappa shape index (κ2) is 7.80. The van der Waals surface area contributed by atoms with Gasteiger partial charge in [-0.05, 0) is 31.2 Å². The van der Waals surface area contributed by atoms with Crippen LogP contribution < -0.4 is 10.9 Å². The molecule has 0 bridgehead atoms. The fraction of sp³-hybridized carbons (Fsp3) is 0.105. The summed E-state index contributed by atoms with van der Waals surface area (Å²) >= 11 is 0. The van der Waals surface area contributed by atoms with Gasteiger partial charge in [-0.25, -0.2) is 4.98 Å². The van der Waals surface area contributed by atoms with Crippen LogP contribution in [0.5, 0.6) is 0 Å². The SMILES string of the molecule is C[C@H](NC(=O)c1cnc(-c2cccnc2)[nH]c1=O)c1nc(-c2ccccn2)no1. The van der Waals surface area contributed by atoms with Crippen LogP contribution in [0.1, 0.15) is 29.2 Å². The van der Waals surface area contributed by atoms with Crippen LogP contribution in [0.25, 0.3) is 22.9 Å². The van der Waals surface area contributed by atoms with Gasteiger partial charge in [0, 0.05) is 30.4 Å². The van der Waals surface area contributed by atoms with Crippen LogP contribution in [0.4, 0.5) is 0 Å². The van der Waals surface area contributed by atoms with Gasteiger partial charge in [-0.2, -0.15) is 4.98 Å². The molecule has 1 amide bonds. The van der Waals surface area contributed by atoms with Crippen molar-refractivity contribution < 1.29 is 9.32 Å². The van der Waals surface area contributed by atoms with Gasteiger partial charge in [0.25, 0.3) is 11.5 Å². The Hall–Kier alpha value is -4.21. The minimum atomic E-state index is -0.620. The number of nitrogens with zero attached hydrogens (tertiary/aromatic N) is 5. The molecule has 10 heteroatoms. The largest absolute Gasteiger partial charge is 0.340 e. The van der Waals surface area contributed by atoms with Gasteiger partial charge in [0.15, 0.2) is 0 Å². The molecule has 4 aromatic heterocycles. The maximum atomic E-state index is 12.5. The molecule has 1 atom stereocenters. The Morgan fingerprint density at radius 3 is 2.76 bits per heavy atom. The summed E-state index contributed by atoms with van der Waals surface area (Å²) in [6.45, 7) is 1.67. The number of carbonyl (C=O) groups is 1. The number of pyridine rings is 2. The molecule has 144 valence electrons. The summed E-state index contributed by atoms with van der Waals surface area (Å²) in [6.07, 6.45) is 6.01. The summed E-state index contributed by atoms with van der Waals surface area (Å²) in [5.41, 5.74) is 0.489. The van der Waals surface area contributed by atoms with Crippen LogP contribution in [-0.2, 0) is 0 Å². The Morgan fingerprint density at radius 1 is 1.14 bits per heavy atom.